The SMILES string of the molecule is COc1ccc2nccc([C@@H](O)[C@@H](N)CC3CCCCC3)c2c1. The number of aliphatic hydroxyl groups is 1. The van der Waals surface area contributed by atoms with Crippen LogP contribution < -0.4 is 10.5 Å². The number of aliphatic hydroxyl groups excluding tert-OH is 1. The molecule has 0 saturated heterocycles. The van der Waals surface area contributed by atoms with Gasteiger partial charge in [0.15, 0.2) is 0 Å². The molecule has 4 heteroatoms. The van der Waals surface area contributed by atoms with E-state index in [-0.39, 0.29) is 6.04 Å². The van der Waals surface area contributed by atoms with E-state index in [0.29, 0.717) is 5.92 Å². The molecule has 1 aromatic heterocycles. The van der Waals surface area contributed by atoms with Gasteiger partial charge < -0.3 is 15.6 Å². The van der Waals surface area contributed by atoms with Crippen molar-refractivity contribution in [3.8, 4) is 5.75 Å². The molecule has 0 radical (unpaired) electrons. The molecule has 23 heavy (non-hydrogen) atoms. The van der Waals surface area contributed by atoms with Gasteiger partial charge in [0, 0.05) is 17.6 Å². The maximum Gasteiger partial charge on any atom is 0.119 e. The molecule has 3 N–H and O–H groups in total. The lowest BCUT2D eigenvalue weighted by Gasteiger charge is -2.27. The Morgan fingerprint density at radius 1 is 1.26 bits per heavy atom. The standard InChI is InChI=1S/C19H26N2O2/c1-23-14-7-8-18-16(12-14)15(9-10-21-18)19(22)17(20)11-13-5-3-2-4-6-13/h7-10,12-13,17,19,22H,2-6,11,20H2,1H3/t17-,19+/m0/s1. The Kier molecular flexibility index (Phi) is 5.13. The average Bonchev–Trinajstić information content (AvgIpc) is 2.61. The lowest BCUT2D eigenvalue weighted by atomic mass is 9.83. The van der Waals surface area contributed by atoms with Crippen molar-refractivity contribution >= 4 is 10.9 Å². The topological polar surface area (TPSA) is 68.4 Å². The van der Waals surface area contributed by atoms with E-state index in [4.69, 9.17) is 10.5 Å². The van der Waals surface area contributed by atoms with E-state index in [2.05, 4.69) is 4.98 Å². The van der Waals surface area contributed by atoms with Crippen molar-refractivity contribution in [3.63, 3.8) is 0 Å². The third kappa shape index (κ3) is 3.65. The zero-order chi connectivity index (χ0) is 16.2. The first-order valence-corrected chi connectivity index (χ1v) is 8.55. The molecule has 1 saturated carbocycles. The van der Waals surface area contributed by atoms with E-state index in [0.717, 1.165) is 28.6 Å². The number of nitrogens with zero attached hydrogens (tertiary/aromatic N) is 1. The fraction of sp³-hybridized carbons (Fsp3) is 0.526. The van der Waals surface area contributed by atoms with Crippen LogP contribution in [-0.2, 0) is 0 Å². The number of hydrogen-bond donors (Lipinski definition) is 2. The Morgan fingerprint density at radius 3 is 2.78 bits per heavy atom. The molecule has 0 bridgehead atoms. The van der Waals surface area contributed by atoms with E-state index < -0.39 is 6.10 Å². The highest BCUT2D eigenvalue weighted by molar-refractivity contribution is 5.83. The molecule has 1 aromatic carbocycles. The van der Waals surface area contributed by atoms with Crippen LogP contribution in [0.4, 0.5) is 0 Å². The van der Waals surface area contributed by atoms with Gasteiger partial charge in [-0.3, -0.25) is 4.98 Å². The normalized spacial score (nSPS) is 18.7. The predicted octanol–water partition coefficient (Wildman–Crippen LogP) is 3.57. The number of nitrogens with two attached hydrogens (primary N) is 1. The highest BCUT2D eigenvalue weighted by Gasteiger charge is 2.24. The van der Waals surface area contributed by atoms with Crippen LogP contribution in [0.1, 0.15) is 50.2 Å². The number of rotatable bonds is 5. The van der Waals surface area contributed by atoms with Crippen LogP contribution in [0.2, 0.25) is 0 Å². The van der Waals surface area contributed by atoms with Crippen LogP contribution in [0.25, 0.3) is 10.9 Å². The van der Waals surface area contributed by atoms with Gasteiger partial charge in [-0.15, -0.1) is 0 Å². The third-order valence-corrected chi connectivity index (χ3v) is 5.04. The Morgan fingerprint density at radius 2 is 2.04 bits per heavy atom. The zero-order valence-electron chi connectivity index (χ0n) is 13.7. The fourth-order valence-corrected chi connectivity index (χ4v) is 3.70. The molecule has 124 valence electrons. The Labute approximate surface area is 137 Å². The molecule has 1 heterocycles. The van der Waals surface area contributed by atoms with E-state index in [1.165, 1.54) is 32.1 Å². The molecule has 0 spiro atoms. The smallest absolute Gasteiger partial charge is 0.119 e. The van der Waals surface area contributed by atoms with Crippen molar-refractivity contribution in [2.75, 3.05) is 7.11 Å². The summed E-state index contributed by atoms with van der Waals surface area (Å²) in [6, 6.07) is 7.35. The summed E-state index contributed by atoms with van der Waals surface area (Å²) < 4.78 is 5.30. The largest absolute Gasteiger partial charge is 0.497 e. The van der Waals surface area contributed by atoms with Crippen LogP contribution in [0.5, 0.6) is 5.75 Å². The number of pyridine rings is 1. The molecule has 1 fully saturated rings. The summed E-state index contributed by atoms with van der Waals surface area (Å²) in [5.41, 5.74) is 8.04. The lowest BCUT2D eigenvalue weighted by molar-refractivity contribution is 0.129. The van der Waals surface area contributed by atoms with Gasteiger partial charge in [-0.05, 0) is 42.2 Å². The number of hydrogen-bond acceptors (Lipinski definition) is 4. The van der Waals surface area contributed by atoms with Gasteiger partial charge in [-0.2, -0.15) is 0 Å². The first-order valence-electron chi connectivity index (χ1n) is 8.55. The third-order valence-electron chi connectivity index (χ3n) is 5.04. The molecule has 2 aromatic rings. The minimum atomic E-state index is -0.672. The number of ether oxygens (including phenoxy) is 1. The van der Waals surface area contributed by atoms with Crippen molar-refractivity contribution in [3.05, 3.63) is 36.0 Å². The molecule has 0 aliphatic heterocycles. The molecule has 3 rings (SSSR count). The fourth-order valence-electron chi connectivity index (χ4n) is 3.70. The van der Waals surface area contributed by atoms with Crippen LogP contribution in [0.3, 0.4) is 0 Å². The summed E-state index contributed by atoms with van der Waals surface area (Å²) in [4.78, 5) is 4.37. The van der Waals surface area contributed by atoms with Crippen LogP contribution in [0.15, 0.2) is 30.5 Å². The van der Waals surface area contributed by atoms with Crippen molar-refractivity contribution in [2.45, 2.75) is 50.7 Å². The second-order valence-corrected chi connectivity index (χ2v) is 6.63. The molecule has 0 unspecified atom stereocenters. The van der Waals surface area contributed by atoms with E-state index in [1.807, 2.05) is 24.3 Å². The first-order chi connectivity index (χ1) is 11.2. The molecule has 2 atom stereocenters. The van der Waals surface area contributed by atoms with Gasteiger partial charge in [0.05, 0.1) is 18.7 Å². The summed E-state index contributed by atoms with van der Waals surface area (Å²) in [6.45, 7) is 0. The van der Waals surface area contributed by atoms with Gasteiger partial charge in [0.1, 0.15) is 5.75 Å². The molecule has 1 aliphatic rings. The molecule has 4 nitrogen and oxygen atoms in total. The first kappa shape index (κ1) is 16.2. The quantitative estimate of drug-likeness (QED) is 0.885. The summed E-state index contributed by atoms with van der Waals surface area (Å²) >= 11 is 0. The van der Waals surface area contributed by atoms with Gasteiger partial charge in [-0.1, -0.05) is 32.1 Å². The van der Waals surface area contributed by atoms with Gasteiger partial charge in [0.2, 0.25) is 0 Å². The number of benzene rings is 1. The molecular weight excluding hydrogens is 288 g/mol. The van der Waals surface area contributed by atoms with E-state index >= 15 is 0 Å². The van der Waals surface area contributed by atoms with Crippen molar-refractivity contribution < 1.29 is 9.84 Å². The van der Waals surface area contributed by atoms with Crippen molar-refractivity contribution in [1.29, 1.82) is 0 Å². The Bertz CT molecular complexity index is 653. The minimum absolute atomic E-state index is 0.241. The van der Waals surface area contributed by atoms with Crippen molar-refractivity contribution in [2.24, 2.45) is 11.7 Å². The highest BCUT2D eigenvalue weighted by atomic mass is 16.5. The number of methoxy groups -OCH3 is 1. The van der Waals surface area contributed by atoms with E-state index in [9.17, 15) is 5.11 Å². The molecular formula is C19H26N2O2. The van der Waals surface area contributed by atoms with Gasteiger partial charge >= 0.3 is 0 Å². The summed E-state index contributed by atoms with van der Waals surface area (Å²) in [5.74, 6) is 1.41. The number of fused-ring (bicyclic) bond motifs is 1. The van der Waals surface area contributed by atoms with Gasteiger partial charge in [0.25, 0.3) is 0 Å². The second-order valence-electron chi connectivity index (χ2n) is 6.63. The summed E-state index contributed by atoms with van der Waals surface area (Å²) in [7, 11) is 1.64. The highest BCUT2D eigenvalue weighted by Crippen LogP contribution is 2.32. The number of aromatic nitrogens is 1. The lowest BCUT2D eigenvalue weighted by Crippen LogP contribution is -2.31. The van der Waals surface area contributed by atoms with Crippen molar-refractivity contribution in [1.82, 2.24) is 4.98 Å². The zero-order valence-corrected chi connectivity index (χ0v) is 13.7. The second kappa shape index (κ2) is 7.28. The maximum absolute atomic E-state index is 10.8. The minimum Gasteiger partial charge on any atom is -0.497 e. The average molecular weight is 314 g/mol. The monoisotopic (exact) mass is 314 g/mol. The van der Waals surface area contributed by atoms with Crippen LogP contribution in [-0.4, -0.2) is 23.2 Å². The summed E-state index contributed by atoms with van der Waals surface area (Å²) in [6.07, 6.45) is 8.36. The van der Waals surface area contributed by atoms with Crippen LogP contribution in [0, 0.1) is 5.92 Å². The maximum atomic E-state index is 10.8. The summed E-state index contributed by atoms with van der Waals surface area (Å²) in [5, 5.41) is 11.7. The molecule has 0 amide bonds. The predicted molar refractivity (Wildman–Crippen MR) is 92.4 cm³/mol. The van der Waals surface area contributed by atoms with E-state index in [1.54, 1.807) is 13.3 Å². The van der Waals surface area contributed by atoms with Crippen LogP contribution >= 0.6 is 0 Å². The van der Waals surface area contributed by atoms with Gasteiger partial charge in [-0.25, -0.2) is 0 Å². The Balaban J connectivity index is 1.82. The Hall–Kier alpha value is -1.65. The molecule has 1 aliphatic carbocycles.